The van der Waals surface area contributed by atoms with Crippen molar-refractivity contribution in [2.75, 3.05) is 13.1 Å². The zero-order chi connectivity index (χ0) is 14.8. The number of aromatic nitrogens is 1. The Hall–Kier alpha value is -2.07. The van der Waals surface area contributed by atoms with Crippen LogP contribution in [0.25, 0.3) is 0 Å². The molecular weight excluding hydrogens is 288 g/mol. The molecule has 0 saturated carbocycles. The van der Waals surface area contributed by atoms with Gasteiger partial charge in [-0.15, -0.1) is 0 Å². The molecule has 0 unspecified atom stereocenters. The number of hydrogen-bond acceptors (Lipinski definition) is 3. The van der Waals surface area contributed by atoms with E-state index in [1.54, 1.807) is 23.2 Å². The van der Waals surface area contributed by atoms with Gasteiger partial charge in [0.1, 0.15) is 11.9 Å². The van der Waals surface area contributed by atoms with Crippen molar-refractivity contribution in [2.24, 2.45) is 0 Å². The van der Waals surface area contributed by atoms with Crippen LogP contribution in [-0.2, 0) is 0 Å². The highest BCUT2D eigenvalue weighted by Gasteiger charge is 2.33. The highest BCUT2D eigenvalue weighted by Crippen LogP contribution is 2.23. The molecule has 108 valence electrons. The smallest absolute Gasteiger partial charge is 0.255 e. The first kappa shape index (κ1) is 13.9. The fourth-order valence-electron chi connectivity index (χ4n) is 2.27. The van der Waals surface area contributed by atoms with Crippen LogP contribution in [0.2, 0.25) is 5.02 Å². The summed E-state index contributed by atoms with van der Waals surface area (Å²) in [6.07, 6.45) is 1.74. The van der Waals surface area contributed by atoms with Crippen LogP contribution in [0.4, 0.5) is 0 Å². The lowest BCUT2D eigenvalue weighted by Crippen LogP contribution is -2.56. The Morgan fingerprint density at radius 1 is 1.33 bits per heavy atom. The minimum absolute atomic E-state index is 0.0261. The quantitative estimate of drug-likeness (QED) is 0.875. The van der Waals surface area contributed by atoms with E-state index < -0.39 is 0 Å². The largest absolute Gasteiger partial charge is 0.487 e. The Labute approximate surface area is 128 Å². The average molecular weight is 303 g/mol. The first-order valence-electron chi connectivity index (χ1n) is 6.76. The van der Waals surface area contributed by atoms with Gasteiger partial charge in [0.25, 0.3) is 5.91 Å². The molecule has 5 heteroatoms. The highest BCUT2D eigenvalue weighted by atomic mass is 35.5. The van der Waals surface area contributed by atoms with Crippen molar-refractivity contribution in [3.8, 4) is 5.75 Å². The van der Waals surface area contributed by atoms with Crippen LogP contribution < -0.4 is 4.74 Å². The molecule has 21 heavy (non-hydrogen) atoms. The number of carbonyl (C=O) groups excluding carboxylic acids is 1. The number of amides is 1. The number of ether oxygens (including phenoxy) is 1. The van der Waals surface area contributed by atoms with Crippen molar-refractivity contribution in [2.45, 2.75) is 13.0 Å². The maximum Gasteiger partial charge on any atom is 0.255 e. The summed E-state index contributed by atoms with van der Waals surface area (Å²) in [4.78, 5) is 18.1. The van der Waals surface area contributed by atoms with Crippen molar-refractivity contribution in [1.82, 2.24) is 9.88 Å². The molecule has 0 bridgehead atoms. The summed E-state index contributed by atoms with van der Waals surface area (Å²) in [5.41, 5.74) is 1.45. The molecular formula is C16H15ClN2O2. The molecule has 1 aromatic heterocycles. The Bertz CT molecular complexity index is 669. The summed E-state index contributed by atoms with van der Waals surface area (Å²) >= 11 is 6.04. The first-order valence-corrected chi connectivity index (χ1v) is 7.14. The number of aryl methyl sites for hydroxylation is 1. The minimum atomic E-state index is -0.0497. The van der Waals surface area contributed by atoms with Gasteiger partial charge in [0.05, 0.1) is 23.7 Å². The number of carbonyl (C=O) groups is 1. The Balaban J connectivity index is 1.59. The molecule has 1 saturated heterocycles. The SMILES string of the molecule is Cc1cc(OC2CN(C(=O)c3ccccc3Cl)C2)ccn1. The van der Waals surface area contributed by atoms with E-state index in [1.807, 2.05) is 31.2 Å². The average Bonchev–Trinajstić information content (AvgIpc) is 2.42. The number of benzene rings is 1. The van der Waals surface area contributed by atoms with Gasteiger partial charge in [-0.25, -0.2) is 0 Å². The topological polar surface area (TPSA) is 42.4 Å². The molecule has 2 heterocycles. The molecule has 0 N–H and O–H groups in total. The zero-order valence-corrected chi connectivity index (χ0v) is 12.4. The molecule has 1 aliphatic heterocycles. The molecule has 1 amide bonds. The summed E-state index contributed by atoms with van der Waals surface area (Å²) in [6, 6.07) is 10.8. The molecule has 1 aromatic carbocycles. The van der Waals surface area contributed by atoms with Gasteiger partial charge in [-0.2, -0.15) is 0 Å². The number of rotatable bonds is 3. The van der Waals surface area contributed by atoms with E-state index in [0.29, 0.717) is 23.7 Å². The van der Waals surface area contributed by atoms with Crippen LogP contribution in [-0.4, -0.2) is 35.0 Å². The van der Waals surface area contributed by atoms with Gasteiger partial charge >= 0.3 is 0 Å². The van der Waals surface area contributed by atoms with Gasteiger partial charge in [0.2, 0.25) is 0 Å². The van der Waals surface area contributed by atoms with E-state index >= 15 is 0 Å². The lowest BCUT2D eigenvalue weighted by atomic mass is 10.1. The van der Waals surface area contributed by atoms with E-state index in [9.17, 15) is 4.79 Å². The lowest BCUT2D eigenvalue weighted by Gasteiger charge is -2.39. The third-order valence-corrected chi connectivity index (χ3v) is 3.74. The van der Waals surface area contributed by atoms with Crippen LogP contribution >= 0.6 is 11.6 Å². The molecule has 1 aliphatic rings. The van der Waals surface area contributed by atoms with Gasteiger partial charge in [-0.1, -0.05) is 23.7 Å². The van der Waals surface area contributed by atoms with Crippen LogP contribution in [0.1, 0.15) is 16.1 Å². The lowest BCUT2D eigenvalue weighted by molar-refractivity contribution is 0.0177. The van der Waals surface area contributed by atoms with Crippen molar-refractivity contribution in [1.29, 1.82) is 0 Å². The van der Waals surface area contributed by atoms with Crippen molar-refractivity contribution < 1.29 is 9.53 Å². The normalized spacial score (nSPS) is 14.7. The van der Waals surface area contributed by atoms with Crippen LogP contribution in [0.15, 0.2) is 42.6 Å². The van der Waals surface area contributed by atoms with E-state index in [1.165, 1.54) is 0 Å². The number of halogens is 1. The summed E-state index contributed by atoms with van der Waals surface area (Å²) in [7, 11) is 0. The third-order valence-electron chi connectivity index (χ3n) is 3.41. The first-order chi connectivity index (χ1) is 10.1. The maximum atomic E-state index is 12.3. The molecule has 3 rings (SSSR count). The van der Waals surface area contributed by atoms with Crippen LogP contribution in [0.5, 0.6) is 5.75 Å². The molecule has 4 nitrogen and oxygen atoms in total. The van der Waals surface area contributed by atoms with Crippen LogP contribution in [0.3, 0.4) is 0 Å². The number of nitrogens with zero attached hydrogens (tertiary/aromatic N) is 2. The summed E-state index contributed by atoms with van der Waals surface area (Å²) in [6.45, 7) is 3.07. The van der Waals surface area contributed by atoms with Gasteiger partial charge < -0.3 is 9.64 Å². The monoisotopic (exact) mass is 302 g/mol. The van der Waals surface area contributed by atoms with Gasteiger partial charge in [0, 0.05) is 18.0 Å². The Kier molecular flexibility index (Phi) is 3.80. The van der Waals surface area contributed by atoms with Gasteiger partial charge in [0.15, 0.2) is 0 Å². The standard InChI is InChI=1S/C16H15ClN2O2/c1-11-8-12(6-7-18-11)21-13-9-19(10-13)16(20)14-4-2-3-5-15(14)17/h2-8,13H,9-10H2,1H3. The van der Waals surface area contributed by atoms with Crippen molar-refractivity contribution in [3.63, 3.8) is 0 Å². The van der Waals surface area contributed by atoms with Crippen molar-refractivity contribution >= 4 is 17.5 Å². The maximum absolute atomic E-state index is 12.3. The molecule has 0 atom stereocenters. The second kappa shape index (κ2) is 5.74. The Morgan fingerprint density at radius 3 is 2.81 bits per heavy atom. The fourth-order valence-corrected chi connectivity index (χ4v) is 2.49. The second-order valence-electron chi connectivity index (χ2n) is 5.06. The molecule has 0 aliphatic carbocycles. The van der Waals surface area contributed by atoms with E-state index in [-0.39, 0.29) is 12.0 Å². The summed E-state index contributed by atoms with van der Waals surface area (Å²) in [5, 5.41) is 0.483. The van der Waals surface area contributed by atoms with Crippen LogP contribution in [0, 0.1) is 6.92 Å². The number of likely N-dealkylation sites (tertiary alicyclic amines) is 1. The fraction of sp³-hybridized carbons (Fsp3) is 0.250. The molecule has 1 fully saturated rings. The third kappa shape index (κ3) is 3.00. The van der Waals surface area contributed by atoms with E-state index in [0.717, 1.165) is 11.4 Å². The molecule has 0 spiro atoms. The highest BCUT2D eigenvalue weighted by molar-refractivity contribution is 6.33. The zero-order valence-electron chi connectivity index (χ0n) is 11.6. The second-order valence-corrected chi connectivity index (χ2v) is 5.47. The predicted octanol–water partition coefficient (Wildman–Crippen LogP) is 2.95. The number of hydrogen-bond donors (Lipinski definition) is 0. The molecule has 2 aromatic rings. The minimum Gasteiger partial charge on any atom is -0.487 e. The summed E-state index contributed by atoms with van der Waals surface area (Å²) < 4.78 is 5.81. The Morgan fingerprint density at radius 2 is 2.10 bits per heavy atom. The van der Waals surface area contributed by atoms with Crippen molar-refractivity contribution in [3.05, 3.63) is 58.9 Å². The summed E-state index contributed by atoms with van der Waals surface area (Å²) in [5.74, 6) is 0.740. The van der Waals surface area contributed by atoms with Gasteiger partial charge in [-0.3, -0.25) is 9.78 Å². The molecule has 0 radical (unpaired) electrons. The predicted molar refractivity (Wildman–Crippen MR) is 80.7 cm³/mol. The van der Waals surface area contributed by atoms with Gasteiger partial charge in [-0.05, 0) is 25.1 Å². The number of pyridine rings is 1. The van der Waals surface area contributed by atoms with E-state index in [4.69, 9.17) is 16.3 Å². The van der Waals surface area contributed by atoms with E-state index in [2.05, 4.69) is 4.98 Å².